The molecule has 0 atom stereocenters. The van der Waals surface area contributed by atoms with Gasteiger partial charge >= 0.3 is 0 Å². The van der Waals surface area contributed by atoms with Crippen LogP contribution in [0.4, 0.5) is 5.69 Å². The number of thiophene rings is 1. The van der Waals surface area contributed by atoms with Crippen LogP contribution in [0.3, 0.4) is 0 Å². The molecule has 0 aliphatic rings. The Labute approximate surface area is 132 Å². The molecule has 2 aromatic rings. The fourth-order valence-corrected chi connectivity index (χ4v) is 4.96. The molecule has 2 rings (SSSR count). The third-order valence-corrected chi connectivity index (χ3v) is 6.20. The van der Waals surface area contributed by atoms with Gasteiger partial charge in [-0.3, -0.25) is 4.72 Å². The monoisotopic (exact) mass is 433 g/mol. The number of benzene rings is 1. The minimum absolute atomic E-state index is 0.179. The minimum Gasteiger partial charge on any atom is -0.278 e. The van der Waals surface area contributed by atoms with Gasteiger partial charge in [0.25, 0.3) is 10.0 Å². The van der Waals surface area contributed by atoms with Crippen LogP contribution in [-0.4, -0.2) is 8.42 Å². The summed E-state index contributed by atoms with van der Waals surface area (Å²) in [5.74, 6) is 0. The quantitative estimate of drug-likeness (QED) is 0.726. The maximum absolute atomic E-state index is 12.1. The number of rotatable bonds is 3. The molecule has 3 nitrogen and oxygen atoms in total. The van der Waals surface area contributed by atoms with E-state index in [4.69, 9.17) is 23.2 Å². The average Bonchev–Trinajstić information content (AvgIpc) is 2.70. The van der Waals surface area contributed by atoms with Crippen LogP contribution in [0.25, 0.3) is 0 Å². The summed E-state index contributed by atoms with van der Waals surface area (Å²) in [4.78, 5) is 0. The van der Waals surface area contributed by atoms with Gasteiger partial charge in [0.1, 0.15) is 4.21 Å². The Bertz CT molecular complexity index is 685. The van der Waals surface area contributed by atoms with Crippen LogP contribution in [0.15, 0.2) is 34.5 Å². The lowest BCUT2D eigenvalue weighted by atomic mass is 10.3. The summed E-state index contributed by atoms with van der Waals surface area (Å²) in [6.07, 6.45) is 0. The predicted octanol–water partition coefficient (Wildman–Crippen LogP) is 4.46. The molecule has 1 heterocycles. The van der Waals surface area contributed by atoms with Crippen LogP contribution in [0, 0.1) is 3.57 Å². The lowest BCUT2D eigenvalue weighted by Crippen LogP contribution is -2.12. The molecule has 8 heteroatoms. The molecule has 0 amide bonds. The molecule has 18 heavy (non-hydrogen) atoms. The van der Waals surface area contributed by atoms with Crippen molar-refractivity contribution in [1.29, 1.82) is 0 Å². The van der Waals surface area contributed by atoms with Gasteiger partial charge in [0.15, 0.2) is 0 Å². The summed E-state index contributed by atoms with van der Waals surface area (Å²) in [7, 11) is -3.59. The minimum atomic E-state index is -3.59. The molecule has 0 bridgehead atoms. The van der Waals surface area contributed by atoms with Crippen molar-refractivity contribution in [2.75, 3.05) is 4.72 Å². The van der Waals surface area contributed by atoms with E-state index in [9.17, 15) is 8.42 Å². The van der Waals surface area contributed by atoms with Crippen molar-refractivity contribution in [1.82, 2.24) is 0 Å². The SMILES string of the molecule is O=S(=O)(Nc1ccc(Cl)cc1I)c1ccc(Cl)s1. The summed E-state index contributed by atoms with van der Waals surface area (Å²) in [6, 6.07) is 7.95. The van der Waals surface area contributed by atoms with Gasteiger partial charge in [-0.15, -0.1) is 11.3 Å². The molecule has 0 fully saturated rings. The predicted molar refractivity (Wildman–Crippen MR) is 84.3 cm³/mol. The van der Waals surface area contributed by atoms with E-state index >= 15 is 0 Å². The molecule has 1 N–H and O–H groups in total. The zero-order chi connectivity index (χ0) is 13.3. The maximum Gasteiger partial charge on any atom is 0.271 e. The number of nitrogens with one attached hydrogen (secondary N) is 1. The van der Waals surface area contributed by atoms with E-state index < -0.39 is 10.0 Å². The lowest BCUT2D eigenvalue weighted by molar-refractivity contribution is 0.603. The van der Waals surface area contributed by atoms with Crippen LogP contribution in [0.1, 0.15) is 0 Å². The van der Waals surface area contributed by atoms with Crippen molar-refractivity contribution in [2.24, 2.45) is 0 Å². The van der Waals surface area contributed by atoms with Crippen molar-refractivity contribution >= 4 is 72.8 Å². The maximum atomic E-state index is 12.1. The highest BCUT2D eigenvalue weighted by Crippen LogP contribution is 2.29. The van der Waals surface area contributed by atoms with Crippen LogP contribution < -0.4 is 4.72 Å². The van der Waals surface area contributed by atoms with Crippen LogP contribution >= 0.6 is 57.1 Å². The summed E-state index contributed by atoms with van der Waals surface area (Å²) in [5.41, 5.74) is 0.490. The molecule has 0 aliphatic carbocycles. The molecule has 1 aromatic carbocycles. The van der Waals surface area contributed by atoms with Gasteiger partial charge in [-0.05, 0) is 52.9 Å². The van der Waals surface area contributed by atoms with Gasteiger partial charge in [0, 0.05) is 8.59 Å². The van der Waals surface area contributed by atoms with Gasteiger partial charge in [0.2, 0.25) is 0 Å². The number of anilines is 1. The van der Waals surface area contributed by atoms with E-state index in [2.05, 4.69) is 4.72 Å². The van der Waals surface area contributed by atoms with Gasteiger partial charge < -0.3 is 0 Å². The molecular weight excluding hydrogens is 428 g/mol. The zero-order valence-corrected chi connectivity index (χ0v) is 14.0. The number of sulfonamides is 1. The van der Waals surface area contributed by atoms with Crippen LogP contribution in [0.2, 0.25) is 9.36 Å². The molecule has 1 aromatic heterocycles. The molecular formula is C10H6Cl2INO2S2. The zero-order valence-electron chi connectivity index (χ0n) is 8.65. The Balaban J connectivity index is 2.33. The third-order valence-electron chi connectivity index (χ3n) is 1.99. The second kappa shape index (κ2) is 5.54. The summed E-state index contributed by atoms with van der Waals surface area (Å²) < 4.78 is 28.0. The van der Waals surface area contributed by atoms with Crippen LogP contribution in [-0.2, 0) is 10.0 Å². The van der Waals surface area contributed by atoms with Crippen LogP contribution in [0.5, 0.6) is 0 Å². The van der Waals surface area contributed by atoms with E-state index in [1.165, 1.54) is 6.07 Å². The Hall–Kier alpha value is -0.0200. The van der Waals surface area contributed by atoms with E-state index in [1.807, 2.05) is 22.6 Å². The Morgan fingerprint density at radius 3 is 2.44 bits per heavy atom. The second-order valence-corrected chi connectivity index (χ2v) is 8.51. The molecule has 0 radical (unpaired) electrons. The highest BCUT2D eigenvalue weighted by Gasteiger charge is 2.17. The lowest BCUT2D eigenvalue weighted by Gasteiger charge is -2.08. The van der Waals surface area contributed by atoms with Gasteiger partial charge in [-0.1, -0.05) is 23.2 Å². The summed E-state index contributed by atoms with van der Waals surface area (Å²) in [5, 5.41) is 0.557. The fraction of sp³-hybridized carbons (Fsp3) is 0. The number of halogens is 3. The van der Waals surface area contributed by atoms with E-state index in [-0.39, 0.29) is 4.21 Å². The molecule has 0 aliphatic heterocycles. The fourth-order valence-electron chi connectivity index (χ4n) is 1.21. The molecule has 0 saturated heterocycles. The molecule has 0 spiro atoms. The summed E-state index contributed by atoms with van der Waals surface area (Å²) in [6.45, 7) is 0. The molecule has 96 valence electrons. The normalized spacial score (nSPS) is 11.5. The third kappa shape index (κ3) is 3.30. The standard InChI is InChI=1S/C10H6Cl2INO2S2/c11-6-1-2-8(7(13)5-6)14-18(15,16)10-4-3-9(12)17-10/h1-5,14H. The van der Waals surface area contributed by atoms with Crippen molar-refractivity contribution in [3.8, 4) is 0 Å². The summed E-state index contributed by atoms with van der Waals surface area (Å²) >= 11 is 14.6. The van der Waals surface area contributed by atoms with Gasteiger partial charge in [0.05, 0.1) is 10.0 Å². The van der Waals surface area contributed by atoms with Crippen molar-refractivity contribution in [3.05, 3.63) is 43.3 Å². The van der Waals surface area contributed by atoms with E-state index in [1.54, 1.807) is 24.3 Å². The van der Waals surface area contributed by atoms with Crippen molar-refractivity contribution in [2.45, 2.75) is 4.21 Å². The smallest absolute Gasteiger partial charge is 0.271 e. The number of hydrogen-bond acceptors (Lipinski definition) is 3. The Kier molecular flexibility index (Phi) is 4.43. The second-order valence-electron chi connectivity index (χ2n) is 3.29. The van der Waals surface area contributed by atoms with Crippen molar-refractivity contribution < 1.29 is 8.42 Å². The Morgan fingerprint density at radius 2 is 1.89 bits per heavy atom. The van der Waals surface area contributed by atoms with Crippen molar-refractivity contribution in [3.63, 3.8) is 0 Å². The highest BCUT2D eigenvalue weighted by molar-refractivity contribution is 14.1. The van der Waals surface area contributed by atoms with E-state index in [0.717, 1.165) is 14.9 Å². The average molecular weight is 434 g/mol. The van der Waals surface area contributed by atoms with E-state index in [0.29, 0.717) is 15.0 Å². The first-order chi connectivity index (χ1) is 8.38. The van der Waals surface area contributed by atoms with Gasteiger partial charge in [-0.2, -0.15) is 0 Å². The molecule has 0 unspecified atom stereocenters. The molecule has 0 saturated carbocycles. The number of hydrogen-bond donors (Lipinski definition) is 1. The first kappa shape index (κ1) is 14.4. The Morgan fingerprint density at radius 1 is 1.17 bits per heavy atom. The van der Waals surface area contributed by atoms with Gasteiger partial charge in [-0.25, -0.2) is 8.42 Å². The topological polar surface area (TPSA) is 46.2 Å². The largest absolute Gasteiger partial charge is 0.278 e. The first-order valence-electron chi connectivity index (χ1n) is 4.62. The first-order valence-corrected chi connectivity index (χ1v) is 8.75. The highest BCUT2D eigenvalue weighted by atomic mass is 127.